The van der Waals surface area contributed by atoms with Crippen LogP contribution in [0, 0.1) is 5.41 Å². The summed E-state index contributed by atoms with van der Waals surface area (Å²) in [6.45, 7) is -2.04. The molecule has 14 nitrogen and oxygen atoms in total. The number of ether oxygens (including phenoxy) is 7. The monoisotopic (exact) mass is 956 g/mol. The zero-order valence-corrected chi connectivity index (χ0v) is 38.2. The lowest BCUT2D eigenvalue weighted by Gasteiger charge is -2.31. The van der Waals surface area contributed by atoms with E-state index in [1.165, 1.54) is 0 Å². The van der Waals surface area contributed by atoms with E-state index in [2.05, 4.69) is 0 Å². The summed E-state index contributed by atoms with van der Waals surface area (Å²) >= 11 is 0. The van der Waals surface area contributed by atoms with Crippen molar-refractivity contribution in [3.63, 3.8) is 0 Å². The van der Waals surface area contributed by atoms with Gasteiger partial charge in [-0.2, -0.15) is 0 Å². The Bertz CT molecular complexity index is 2510. The smallest absolute Gasteiger partial charge is 0.338 e. The van der Waals surface area contributed by atoms with Crippen LogP contribution >= 0.6 is 0 Å². The second-order valence-corrected chi connectivity index (χ2v) is 15.6. The van der Waals surface area contributed by atoms with Gasteiger partial charge in [0.1, 0.15) is 45.1 Å². The van der Waals surface area contributed by atoms with Gasteiger partial charge in [0.15, 0.2) is 6.10 Å². The summed E-state index contributed by atoms with van der Waals surface area (Å²) in [5.41, 5.74) is 0.833. The third-order valence-corrected chi connectivity index (χ3v) is 10.2. The van der Waals surface area contributed by atoms with E-state index in [0.29, 0.717) is 38.9 Å². The van der Waals surface area contributed by atoms with Crippen molar-refractivity contribution < 1.29 is 66.7 Å². The second kappa shape index (κ2) is 27.0. The van der Waals surface area contributed by atoms with Crippen molar-refractivity contribution in [3.8, 4) is 0 Å². The maximum atomic E-state index is 12.8. The molecule has 0 N–H and O–H groups in total. The number of esters is 7. The maximum Gasteiger partial charge on any atom is 0.338 e. The lowest BCUT2D eigenvalue weighted by Crippen LogP contribution is -2.44. The fourth-order valence-corrected chi connectivity index (χ4v) is 6.32. The Morgan fingerprint density at radius 2 is 0.451 bits per heavy atom. The minimum absolute atomic E-state index is 0.256. The molecule has 0 bridgehead atoms. The van der Waals surface area contributed by atoms with Gasteiger partial charge < -0.3 is 33.2 Å². The molecule has 0 spiro atoms. The van der Waals surface area contributed by atoms with Gasteiger partial charge >= 0.3 is 41.8 Å². The van der Waals surface area contributed by atoms with Crippen molar-refractivity contribution in [3.05, 3.63) is 251 Å². The second-order valence-electron chi connectivity index (χ2n) is 15.6. The summed E-state index contributed by atoms with van der Waals surface area (Å²) in [5, 5.41) is 0. The summed E-state index contributed by atoms with van der Waals surface area (Å²) in [7, 11) is 0. The molecule has 0 fully saturated rings. The molecule has 0 aliphatic heterocycles. The summed E-state index contributed by atoms with van der Waals surface area (Å²) in [6.07, 6.45) is -0.960. The first-order chi connectivity index (χ1) is 34.6. The van der Waals surface area contributed by atoms with E-state index in [4.69, 9.17) is 33.2 Å². The molecule has 7 aromatic carbocycles. The minimum Gasteiger partial charge on any atom is -0.461 e. The van der Waals surface area contributed by atoms with Gasteiger partial charge in [0.25, 0.3) is 0 Å². The van der Waals surface area contributed by atoms with Crippen LogP contribution in [0.4, 0.5) is 0 Å². The Balaban J connectivity index is 0.000000244. The van der Waals surface area contributed by atoms with Crippen LogP contribution in [-0.4, -0.2) is 87.5 Å². The number of carbonyl (C=O) groups excluding carboxylic acids is 7. The largest absolute Gasteiger partial charge is 0.461 e. The highest BCUT2D eigenvalue weighted by molar-refractivity contribution is 5.92. The van der Waals surface area contributed by atoms with E-state index in [9.17, 15) is 33.6 Å². The molecule has 0 aromatic heterocycles. The zero-order chi connectivity index (χ0) is 50.1. The van der Waals surface area contributed by atoms with Crippen molar-refractivity contribution >= 4 is 41.8 Å². The highest BCUT2D eigenvalue weighted by Crippen LogP contribution is 2.24. The van der Waals surface area contributed by atoms with Gasteiger partial charge in [-0.15, -0.1) is 0 Å². The van der Waals surface area contributed by atoms with Gasteiger partial charge in [0.2, 0.25) is 0 Å². The lowest BCUT2D eigenvalue weighted by atomic mass is 9.92. The third-order valence-electron chi connectivity index (χ3n) is 10.2. The van der Waals surface area contributed by atoms with E-state index >= 15 is 0 Å². The van der Waals surface area contributed by atoms with Crippen molar-refractivity contribution in [2.75, 3.05) is 39.6 Å². The Kier molecular flexibility index (Phi) is 19.5. The van der Waals surface area contributed by atoms with E-state index < -0.39 is 53.3 Å². The minimum atomic E-state index is -1.43. The Hall–Kier alpha value is -9.17. The van der Waals surface area contributed by atoms with E-state index in [1.807, 2.05) is 0 Å². The topological polar surface area (TPSA) is 184 Å². The Morgan fingerprint density at radius 1 is 0.268 bits per heavy atom. The number of hydrogen-bond donors (Lipinski definition) is 0. The molecule has 0 saturated carbocycles. The van der Waals surface area contributed by atoms with Gasteiger partial charge in [0.05, 0.1) is 38.9 Å². The van der Waals surface area contributed by atoms with Crippen LogP contribution in [0.15, 0.2) is 212 Å². The molecule has 71 heavy (non-hydrogen) atoms. The summed E-state index contributed by atoms with van der Waals surface area (Å²) in [4.78, 5) is 88.1. The lowest BCUT2D eigenvalue weighted by molar-refractivity contribution is -0.0642. The van der Waals surface area contributed by atoms with E-state index in [0.717, 1.165) is 0 Å². The van der Waals surface area contributed by atoms with Gasteiger partial charge in [-0.05, 0) is 84.9 Å². The predicted octanol–water partition coefficient (Wildman–Crippen LogP) is 9.33. The highest BCUT2D eigenvalue weighted by Gasteiger charge is 2.38. The van der Waals surface area contributed by atoms with Crippen LogP contribution in [0.1, 0.15) is 72.5 Å². The molecular formula is C57H48O14. The first-order valence-electron chi connectivity index (χ1n) is 22.2. The fourth-order valence-electron chi connectivity index (χ4n) is 6.32. The first-order valence-corrected chi connectivity index (χ1v) is 22.2. The van der Waals surface area contributed by atoms with Gasteiger partial charge in [0, 0.05) is 0 Å². The molecule has 0 heterocycles. The highest BCUT2D eigenvalue weighted by atomic mass is 16.6. The van der Waals surface area contributed by atoms with Crippen molar-refractivity contribution in [1.82, 2.24) is 0 Å². The average Bonchev–Trinajstić information content (AvgIpc) is 3.44. The standard InChI is InChI=1S/C33H28O8.C24H20O6/c34-29(25-13-5-1-6-14-25)38-21-33(22-39-30(35)26-15-7-2-8-16-26,23-40-31(36)27-17-9-3-10-18-27)24-41-32(37)28-19-11-4-12-20-28;25-22(18-10-4-1-5-11-18)28-16-21(30-24(27)20-14-8-3-9-15-20)17-29-23(26)19-12-6-2-7-13-19/h1-20H,21-24H2;1-15,21H,16-17H2. The molecular weight excluding hydrogens is 909 g/mol. The average molecular weight is 957 g/mol. The van der Waals surface area contributed by atoms with Crippen LogP contribution in [0.2, 0.25) is 0 Å². The normalized spacial score (nSPS) is 10.5. The van der Waals surface area contributed by atoms with Crippen molar-refractivity contribution in [2.24, 2.45) is 5.41 Å². The quantitative estimate of drug-likeness (QED) is 0.0520. The molecule has 360 valence electrons. The predicted molar refractivity (Wildman–Crippen MR) is 258 cm³/mol. The molecule has 0 aliphatic carbocycles. The van der Waals surface area contributed by atoms with Crippen LogP contribution in [0.3, 0.4) is 0 Å². The maximum absolute atomic E-state index is 12.8. The number of rotatable bonds is 20. The van der Waals surface area contributed by atoms with Crippen LogP contribution in [0.25, 0.3) is 0 Å². The SMILES string of the molecule is O=C(OCC(COC(=O)c1ccccc1)(COC(=O)c1ccccc1)COC(=O)c1ccccc1)c1ccccc1.O=C(OCC(COC(=O)c1ccccc1)OC(=O)c1ccccc1)c1ccccc1. The third kappa shape index (κ3) is 16.5. The van der Waals surface area contributed by atoms with Crippen molar-refractivity contribution in [1.29, 1.82) is 0 Å². The summed E-state index contributed by atoms with van der Waals surface area (Å²) in [6, 6.07) is 58.5. The van der Waals surface area contributed by atoms with Crippen molar-refractivity contribution in [2.45, 2.75) is 6.10 Å². The van der Waals surface area contributed by atoms with Gasteiger partial charge in [-0.25, -0.2) is 33.6 Å². The molecule has 7 rings (SSSR count). The van der Waals surface area contributed by atoms with Gasteiger partial charge in [-0.3, -0.25) is 0 Å². The summed E-state index contributed by atoms with van der Waals surface area (Å²) < 4.78 is 38.3. The zero-order valence-electron chi connectivity index (χ0n) is 38.2. The fraction of sp³-hybridized carbons (Fsp3) is 0.140. The van der Waals surface area contributed by atoms with Crippen LogP contribution < -0.4 is 0 Å². The number of carbonyl (C=O) groups is 7. The molecule has 7 aromatic rings. The molecule has 0 atom stereocenters. The van der Waals surface area contributed by atoms with Crippen LogP contribution in [-0.2, 0) is 33.2 Å². The molecule has 0 unspecified atom stereocenters. The van der Waals surface area contributed by atoms with E-state index in [-0.39, 0.29) is 39.6 Å². The Morgan fingerprint density at radius 3 is 0.662 bits per heavy atom. The van der Waals surface area contributed by atoms with Gasteiger partial charge in [-0.1, -0.05) is 127 Å². The first kappa shape index (κ1) is 51.2. The molecule has 14 heteroatoms. The number of benzene rings is 7. The molecule has 0 amide bonds. The molecule has 0 aliphatic rings. The Labute approximate surface area is 409 Å². The molecule has 0 radical (unpaired) electrons. The molecule has 0 saturated heterocycles. The van der Waals surface area contributed by atoms with Crippen LogP contribution in [0.5, 0.6) is 0 Å². The number of hydrogen-bond acceptors (Lipinski definition) is 14. The van der Waals surface area contributed by atoms with E-state index in [1.54, 1.807) is 212 Å². The summed E-state index contributed by atoms with van der Waals surface area (Å²) in [5.74, 6) is -4.31.